The molecule has 7 nitrogen and oxygen atoms in total. The standard InChI is InChI=1S/C27H28FN5O2/c1-17-5-8-22(28)26-21(17)13-18(2)33(26)12-9-29-25-15-23(30-16-31-25)19-6-7-20(27(34)35)24(14-19)32-10-3-4-11-32/h5-8,13-16H,3-4,9-12H2,1-2H3,(H,34,35)(H,29,30,31). The molecule has 5 rings (SSSR count). The van der Waals surface area contributed by atoms with Crippen molar-refractivity contribution in [1.29, 1.82) is 0 Å². The van der Waals surface area contributed by atoms with Crippen LogP contribution in [0.2, 0.25) is 0 Å². The molecule has 0 radical (unpaired) electrons. The summed E-state index contributed by atoms with van der Waals surface area (Å²) in [6, 6.07) is 12.5. The van der Waals surface area contributed by atoms with Gasteiger partial charge in [0.1, 0.15) is 18.0 Å². The first-order valence-electron chi connectivity index (χ1n) is 11.9. The van der Waals surface area contributed by atoms with E-state index in [1.54, 1.807) is 18.2 Å². The van der Waals surface area contributed by atoms with E-state index in [0.29, 0.717) is 35.7 Å². The minimum atomic E-state index is -0.928. The number of nitrogens with zero attached hydrogens (tertiary/aromatic N) is 4. The van der Waals surface area contributed by atoms with Gasteiger partial charge in [-0.15, -0.1) is 0 Å². The van der Waals surface area contributed by atoms with Crippen LogP contribution in [0, 0.1) is 19.7 Å². The average molecular weight is 474 g/mol. The van der Waals surface area contributed by atoms with Crippen molar-refractivity contribution in [3.8, 4) is 11.3 Å². The Kier molecular flexibility index (Phi) is 6.11. The Morgan fingerprint density at radius 1 is 1.09 bits per heavy atom. The number of rotatable bonds is 7. The number of hydrogen-bond donors (Lipinski definition) is 2. The largest absolute Gasteiger partial charge is 0.478 e. The zero-order chi connectivity index (χ0) is 24.5. The molecule has 2 N–H and O–H groups in total. The van der Waals surface area contributed by atoms with Crippen molar-refractivity contribution < 1.29 is 14.3 Å². The molecule has 0 spiro atoms. The quantitative estimate of drug-likeness (QED) is 0.381. The number of hydrogen-bond acceptors (Lipinski definition) is 5. The maximum atomic E-state index is 14.6. The second kappa shape index (κ2) is 9.37. The number of nitrogens with one attached hydrogen (secondary N) is 1. The Balaban J connectivity index is 1.36. The Morgan fingerprint density at radius 2 is 1.89 bits per heavy atom. The lowest BCUT2D eigenvalue weighted by Crippen LogP contribution is -2.20. The Hall–Kier alpha value is -3.94. The number of aryl methyl sites for hydroxylation is 2. The normalized spacial score (nSPS) is 13.5. The third-order valence-electron chi connectivity index (χ3n) is 6.71. The lowest BCUT2D eigenvalue weighted by Gasteiger charge is -2.21. The molecule has 180 valence electrons. The van der Waals surface area contributed by atoms with Gasteiger partial charge < -0.3 is 19.9 Å². The van der Waals surface area contributed by atoms with Crippen molar-refractivity contribution in [2.45, 2.75) is 33.2 Å². The highest BCUT2D eigenvalue weighted by Crippen LogP contribution is 2.30. The molecule has 4 aromatic rings. The van der Waals surface area contributed by atoms with E-state index in [-0.39, 0.29) is 5.82 Å². The minimum Gasteiger partial charge on any atom is -0.478 e. The Bertz CT molecular complexity index is 1410. The van der Waals surface area contributed by atoms with Crippen LogP contribution in [0.1, 0.15) is 34.5 Å². The Labute approximate surface area is 203 Å². The molecular formula is C27H28FN5O2. The number of halogens is 1. The summed E-state index contributed by atoms with van der Waals surface area (Å²) in [7, 11) is 0. The van der Waals surface area contributed by atoms with E-state index in [4.69, 9.17) is 0 Å². The summed E-state index contributed by atoms with van der Waals surface area (Å²) >= 11 is 0. The molecule has 0 unspecified atom stereocenters. The number of benzene rings is 2. The highest BCUT2D eigenvalue weighted by molar-refractivity contribution is 5.95. The first-order valence-corrected chi connectivity index (χ1v) is 11.9. The highest BCUT2D eigenvalue weighted by atomic mass is 19.1. The molecule has 0 saturated carbocycles. The molecule has 2 aromatic heterocycles. The van der Waals surface area contributed by atoms with Gasteiger partial charge in [0.25, 0.3) is 0 Å². The lowest BCUT2D eigenvalue weighted by atomic mass is 10.1. The zero-order valence-corrected chi connectivity index (χ0v) is 19.9. The summed E-state index contributed by atoms with van der Waals surface area (Å²) in [6.45, 7) is 6.83. The number of carbonyl (C=O) groups is 1. The minimum absolute atomic E-state index is 0.221. The van der Waals surface area contributed by atoms with Gasteiger partial charge in [-0.25, -0.2) is 19.2 Å². The maximum Gasteiger partial charge on any atom is 0.337 e. The molecule has 3 heterocycles. The first-order chi connectivity index (χ1) is 16.9. The van der Waals surface area contributed by atoms with Gasteiger partial charge in [-0.3, -0.25) is 0 Å². The van der Waals surface area contributed by atoms with Gasteiger partial charge in [0.05, 0.1) is 22.5 Å². The van der Waals surface area contributed by atoms with E-state index in [1.807, 2.05) is 36.6 Å². The molecule has 35 heavy (non-hydrogen) atoms. The molecule has 0 aliphatic carbocycles. The van der Waals surface area contributed by atoms with Crippen LogP contribution in [0.4, 0.5) is 15.9 Å². The third-order valence-corrected chi connectivity index (χ3v) is 6.71. The monoisotopic (exact) mass is 473 g/mol. The van der Waals surface area contributed by atoms with E-state index >= 15 is 0 Å². The molecule has 1 aliphatic heterocycles. The summed E-state index contributed by atoms with van der Waals surface area (Å²) in [5.41, 5.74) is 5.27. The number of aromatic nitrogens is 3. The van der Waals surface area contributed by atoms with Crippen molar-refractivity contribution in [2.75, 3.05) is 29.9 Å². The van der Waals surface area contributed by atoms with Gasteiger partial charge in [0.2, 0.25) is 0 Å². The molecule has 2 aromatic carbocycles. The van der Waals surface area contributed by atoms with Crippen LogP contribution >= 0.6 is 0 Å². The van der Waals surface area contributed by atoms with Gasteiger partial charge in [0, 0.05) is 48.9 Å². The second-order valence-corrected chi connectivity index (χ2v) is 9.01. The van der Waals surface area contributed by atoms with Crippen molar-refractivity contribution in [3.63, 3.8) is 0 Å². The second-order valence-electron chi connectivity index (χ2n) is 9.01. The van der Waals surface area contributed by atoms with E-state index < -0.39 is 5.97 Å². The third kappa shape index (κ3) is 4.43. The van der Waals surface area contributed by atoms with Crippen LogP contribution in [-0.4, -0.2) is 45.2 Å². The Morgan fingerprint density at radius 3 is 2.66 bits per heavy atom. The number of anilines is 2. The van der Waals surface area contributed by atoms with Crippen LogP contribution in [-0.2, 0) is 6.54 Å². The van der Waals surface area contributed by atoms with Crippen molar-refractivity contribution >= 4 is 28.4 Å². The topological polar surface area (TPSA) is 83.3 Å². The van der Waals surface area contributed by atoms with Gasteiger partial charge in [-0.2, -0.15) is 0 Å². The van der Waals surface area contributed by atoms with E-state index in [1.165, 1.54) is 12.4 Å². The molecule has 1 aliphatic rings. The average Bonchev–Trinajstić information content (AvgIpc) is 3.50. The molecule has 0 bridgehead atoms. The lowest BCUT2D eigenvalue weighted by molar-refractivity contribution is 0.0697. The number of carboxylic acid groups (broad SMARTS) is 1. The van der Waals surface area contributed by atoms with Gasteiger partial charge in [0.15, 0.2) is 0 Å². The summed E-state index contributed by atoms with van der Waals surface area (Å²) in [5.74, 6) is -0.490. The van der Waals surface area contributed by atoms with Crippen LogP contribution in [0.15, 0.2) is 48.8 Å². The summed E-state index contributed by atoms with van der Waals surface area (Å²) in [5, 5.41) is 13.9. The fourth-order valence-corrected chi connectivity index (χ4v) is 4.89. The predicted molar refractivity (Wildman–Crippen MR) is 136 cm³/mol. The number of carboxylic acids is 1. The zero-order valence-electron chi connectivity index (χ0n) is 19.9. The first kappa shape index (κ1) is 22.8. The summed E-state index contributed by atoms with van der Waals surface area (Å²) in [4.78, 5) is 22.6. The predicted octanol–water partition coefficient (Wildman–Crippen LogP) is 5.26. The molecule has 8 heteroatoms. The SMILES string of the molecule is Cc1ccc(F)c2c1cc(C)n2CCNc1cc(-c2ccc(C(=O)O)c(N3CCCC3)c2)ncn1. The van der Waals surface area contributed by atoms with Crippen molar-refractivity contribution in [2.24, 2.45) is 0 Å². The van der Waals surface area contributed by atoms with Gasteiger partial charge >= 0.3 is 5.97 Å². The molecule has 1 fully saturated rings. The smallest absolute Gasteiger partial charge is 0.337 e. The van der Waals surface area contributed by atoms with Gasteiger partial charge in [-0.05, 0) is 56.5 Å². The maximum absolute atomic E-state index is 14.6. The van der Waals surface area contributed by atoms with Crippen molar-refractivity contribution in [3.05, 3.63) is 71.4 Å². The van der Waals surface area contributed by atoms with Crippen LogP contribution in [0.3, 0.4) is 0 Å². The summed E-state index contributed by atoms with van der Waals surface area (Å²) < 4.78 is 16.5. The van der Waals surface area contributed by atoms with E-state index in [9.17, 15) is 14.3 Å². The molecule has 1 saturated heterocycles. The molecular weight excluding hydrogens is 445 g/mol. The van der Waals surface area contributed by atoms with Crippen molar-refractivity contribution in [1.82, 2.24) is 14.5 Å². The van der Waals surface area contributed by atoms with Crippen LogP contribution < -0.4 is 10.2 Å². The number of aromatic carboxylic acids is 1. The fraction of sp³-hybridized carbons (Fsp3) is 0.296. The van der Waals surface area contributed by atoms with Crippen LogP contribution in [0.25, 0.3) is 22.2 Å². The molecule has 0 amide bonds. The highest BCUT2D eigenvalue weighted by Gasteiger charge is 2.20. The number of fused-ring (bicyclic) bond motifs is 1. The van der Waals surface area contributed by atoms with Gasteiger partial charge in [-0.1, -0.05) is 12.1 Å². The summed E-state index contributed by atoms with van der Waals surface area (Å²) in [6.07, 6.45) is 3.62. The van der Waals surface area contributed by atoms with E-state index in [0.717, 1.165) is 53.8 Å². The van der Waals surface area contributed by atoms with Crippen LogP contribution in [0.5, 0.6) is 0 Å². The van der Waals surface area contributed by atoms with E-state index in [2.05, 4.69) is 20.2 Å². The molecule has 0 atom stereocenters. The fourth-order valence-electron chi connectivity index (χ4n) is 4.89.